The van der Waals surface area contributed by atoms with Gasteiger partial charge in [0.2, 0.25) is 0 Å². The minimum atomic E-state index is -0.505. The second-order valence-corrected chi connectivity index (χ2v) is 5.58. The summed E-state index contributed by atoms with van der Waals surface area (Å²) >= 11 is 0. The zero-order valence-electron chi connectivity index (χ0n) is 15.1. The zero-order valence-corrected chi connectivity index (χ0v) is 15.1. The van der Waals surface area contributed by atoms with Gasteiger partial charge in [-0.3, -0.25) is 4.79 Å². The maximum Gasteiger partial charge on any atom is 0.313 e. The first-order valence-electron chi connectivity index (χ1n) is 8.11. The molecule has 5 nitrogen and oxygen atoms in total. The van der Waals surface area contributed by atoms with Gasteiger partial charge < -0.3 is 18.9 Å². The van der Waals surface area contributed by atoms with Gasteiger partial charge in [-0.1, -0.05) is 30.3 Å². The van der Waals surface area contributed by atoms with Crippen LogP contribution in [0.25, 0.3) is 0 Å². The van der Waals surface area contributed by atoms with Crippen LogP contribution in [-0.2, 0) is 16.0 Å². The molecule has 0 bridgehead atoms. The molecule has 1 unspecified atom stereocenters. The predicted molar refractivity (Wildman–Crippen MR) is 95.6 cm³/mol. The van der Waals surface area contributed by atoms with E-state index in [2.05, 4.69) is 0 Å². The van der Waals surface area contributed by atoms with E-state index in [1.54, 1.807) is 40.4 Å². The van der Waals surface area contributed by atoms with Crippen LogP contribution in [0.1, 0.15) is 24.0 Å². The van der Waals surface area contributed by atoms with E-state index < -0.39 is 5.92 Å². The Kier molecular flexibility index (Phi) is 6.69. The van der Waals surface area contributed by atoms with Crippen LogP contribution < -0.4 is 14.2 Å². The monoisotopic (exact) mass is 344 g/mol. The van der Waals surface area contributed by atoms with Crippen molar-refractivity contribution in [2.24, 2.45) is 0 Å². The van der Waals surface area contributed by atoms with Crippen molar-refractivity contribution in [3.05, 3.63) is 53.6 Å². The highest BCUT2D eigenvalue weighted by atomic mass is 16.5. The summed E-state index contributed by atoms with van der Waals surface area (Å²) in [6.07, 6.45) is 0.678. The molecule has 0 saturated heterocycles. The lowest BCUT2D eigenvalue weighted by Crippen LogP contribution is -2.16. The molecule has 0 fully saturated rings. The van der Waals surface area contributed by atoms with Crippen molar-refractivity contribution in [2.45, 2.75) is 19.3 Å². The number of ether oxygens (including phenoxy) is 4. The molecule has 2 aromatic carbocycles. The summed E-state index contributed by atoms with van der Waals surface area (Å²) in [5, 5.41) is 0. The molecule has 2 aromatic rings. The number of carbonyl (C=O) groups excluding carboxylic acids is 1. The Hall–Kier alpha value is -2.69. The Balaban J connectivity index is 2.10. The van der Waals surface area contributed by atoms with E-state index in [4.69, 9.17) is 18.9 Å². The van der Waals surface area contributed by atoms with E-state index >= 15 is 0 Å². The van der Waals surface area contributed by atoms with E-state index in [9.17, 15) is 4.79 Å². The summed E-state index contributed by atoms with van der Waals surface area (Å²) in [6, 6.07) is 13.4. The number of hydrogen-bond donors (Lipinski definition) is 0. The third-order valence-corrected chi connectivity index (χ3v) is 4.01. The molecule has 0 heterocycles. The van der Waals surface area contributed by atoms with Crippen LogP contribution >= 0.6 is 0 Å². The molecule has 0 aromatic heterocycles. The van der Waals surface area contributed by atoms with Crippen molar-refractivity contribution >= 4 is 5.97 Å². The molecular weight excluding hydrogens is 320 g/mol. The predicted octanol–water partition coefficient (Wildman–Crippen LogP) is 3.60. The average Bonchev–Trinajstić information content (AvgIpc) is 2.66. The summed E-state index contributed by atoms with van der Waals surface area (Å²) < 4.78 is 21.5. The summed E-state index contributed by atoms with van der Waals surface area (Å²) in [5.41, 5.74) is 1.80. The standard InChI is InChI=1S/C20H24O5/c1-14(20(21)25-11-10-15-8-6-5-7-9-15)17-12-16(22-2)13-18(23-3)19(17)24-4/h5-9,12-14H,10-11H2,1-4H3. The summed E-state index contributed by atoms with van der Waals surface area (Å²) in [4.78, 5) is 12.4. The van der Waals surface area contributed by atoms with Gasteiger partial charge in [0.15, 0.2) is 11.5 Å². The Morgan fingerprint density at radius 2 is 1.72 bits per heavy atom. The number of hydrogen-bond acceptors (Lipinski definition) is 5. The normalized spacial score (nSPS) is 11.5. The Labute approximate surface area is 148 Å². The van der Waals surface area contributed by atoms with Crippen LogP contribution in [0.4, 0.5) is 0 Å². The molecule has 25 heavy (non-hydrogen) atoms. The first kappa shape index (κ1) is 18.6. The lowest BCUT2D eigenvalue weighted by atomic mass is 9.99. The maximum absolute atomic E-state index is 12.4. The van der Waals surface area contributed by atoms with Crippen molar-refractivity contribution in [3.8, 4) is 17.2 Å². The average molecular weight is 344 g/mol. The van der Waals surface area contributed by atoms with Crippen LogP contribution in [0.15, 0.2) is 42.5 Å². The van der Waals surface area contributed by atoms with Gasteiger partial charge in [-0.25, -0.2) is 0 Å². The highest BCUT2D eigenvalue weighted by molar-refractivity contribution is 5.79. The van der Waals surface area contributed by atoms with Gasteiger partial charge in [0.25, 0.3) is 0 Å². The summed E-state index contributed by atoms with van der Waals surface area (Å²) in [6.45, 7) is 2.11. The van der Waals surface area contributed by atoms with Gasteiger partial charge in [0.1, 0.15) is 5.75 Å². The van der Waals surface area contributed by atoms with Crippen LogP contribution in [0.2, 0.25) is 0 Å². The number of benzene rings is 2. The molecule has 0 aliphatic rings. The van der Waals surface area contributed by atoms with Gasteiger partial charge >= 0.3 is 5.97 Å². The number of methoxy groups -OCH3 is 3. The van der Waals surface area contributed by atoms with Gasteiger partial charge in [0.05, 0.1) is 33.9 Å². The summed E-state index contributed by atoms with van der Waals surface area (Å²) in [5.74, 6) is 0.799. The maximum atomic E-state index is 12.4. The lowest BCUT2D eigenvalue weighted by molar-refractivity contribution is -0.145. The van der Waals surface area contributed by atoms with E-state index in [0.29, 0.717) is 35.8 Å². The SMILES string of the molecule is COc1cc(OC)c(OC)c(C(C)C(=O)OCCc2ccccc2)c1. The minimum absolute atomic E-state index is 0.315. The smallest absolute Gasteiger partial charge is 0.313 e. The molecule has 0 amide bonds. The molecule has 0 N–H and O–H groups in total. The van der Waals surface area contributed by atoms with E-state index in [0.717, 1.165) is 5.56 Å². The lowest BCUT2D eigenvalue weighted by Gasteiger charge is -2.18. The van der Waals surface area contributed by atoms with Crippen molar-refractivity contribution in [2.75, 3.05) is 27.9 Å². The fraction of sp³-hybridized carbons (Fsp3) is 0.350. The molecule has 134 valence electrons. The third-order valence-electron chi connectivity index (χ3n) is 4.01. The van der Waals surface area contributed by atoms with Crippen LogP contribution in [0.3, 0.4) is 0 Å². The van der Waals surface area contributed by atoms with Crippen molar-refractivity contribution in [1.82, 2.24) is 0 Å². The zero-order chi connectivity index (χ0) is 18.2. The molecule has 1 atom stereocenters. The van der Waals surface area contributed by atoms with E-state index in [-0.39, 0.29) is 5.97 Å². The molecule has 0 spiro atoms. The quantitative estimate of drug-likeness (QED) is 0.685. The first-order chi connectivity index (χ1) is 12.1. The minimum Gasteiger partial charge on any atom is -0.497 e. The number of carbonyl (C=O) groups is 1. The molecule has 2 rings (SSSR count). The van der Waals surface area contributed by atoms with Crippen molar-refractivity contribution in [1.29, 1.82) is 0 Å². The number of esters is 1. The number of rotatable bonds is 8. The second-order valence-electron chi connectivity index (χ2n) is 5.58. The van der Waals surface area contributed by atoms with E-state index in [1.165, 1.54) is 0 Å². The second kappa shape index (κ2) is 8.97. The fourth-order valence-corrected chi connectivity index (χ4v) is 2.57. The highest BCUT2D eigenvalue weighted by Gasteiger charge is 2.24. The molecular formula is C20H24O5. The van der Waals surface area contributed by atoms with Gasteiger partial charge in [0, 0.05) is 18.1 Å². The molecule has 0 radical (unpaired) electrons. The Morgan fingerprint density at radius 3 is 2.32 bits per heavy atom. The summed E-state index contributed by atoms with van der Waals surface area (Å²) in [7, 11) is 4.65. The topological polar surface area (TPSA) is 54.0 Å². The Bertz CT molecular complexity index is 697. The van der Waals surface area contributed by atoms with Crippen LogP contribution in [0, 0.1) is 0 Å². The van der Waals surface area contributed by atoms with E-state index in [1.807, 2.05) is 30.3 Å². The van der Waals surface area contributed by atoms with Gasteiger partial charge in [-0.05, 0) is 18.6 Å². The largest absolute Gasteiger partial charge is 0.497 e. The van der Waals surface area contributed by atoms with Crippen molar-refractivity contribution in [3.63, 3.8) is 0 Å². The Morgan fingerprint density at radius 1 is 1.00 bits per heavy atom. The van der Waals surface area contributed by atoms with Crippen LogP contribution in [0.5, 0.6) is 17.2 Å². The third kappa shape index (κ3) is 4.66. The van der Waals surface area contributed by atoms with Crippen molar-refractivity contribution < 1.29 is 23.7 Å². The van der Waals surface area contributed by atoms with Gasteiger partial charge in [-0.15, -0.1) is 0 Å². The molecule has 5 heteroatoms. The molecule has 0 aliphatic heterocycles. The van der Waals surface area contributed by atoms with Crippen LogP contribution in [-0.4, -0.2) is 33.9 Å². The first-order valence-corrected chi connectivity index (χ1v) is 8.11. The molecule has 0 aliphatic carbocycles. The molecule has 0 saturated carbocycles. The fourth-order valence-electron chi connectivity index (χ4n) is 2.57. The highest BCUT2D eigenvalue weighted by Crippen LogP contribution is 2.39. The van der Waals surface area contributed by atoms with Gasteiger partial charge in [-0.2, -0.15) is 0 Å².